The minimum Gasteiger partial charge on any atom is -0.306 e. The van der Waals surface area contributed by atoms with Crippen LogP contribution in [0.5, 0.6) is 0 Å². The standard InChI is InChI=1S/C28H24FN3O3/c1-17-23-24(26(34)32(25(23)33)16-18-7-3-2-4-8-18)28(30-17)21-9-5-6-10-22(21)31(27(28)35)15-19-11-13-20(29)14-12-19/h2-14,17,23-24,30H,15-16H2,1H3/t17-,23+,24+,28-/m0/s1. The van der Waals surface area contributed by atoms with Crippen molar-refractivity contribution >= 4 is 23.4 Å². The normalized spacial score (nSPS) is 27.1. The van der Waals surface area contributed by atoms with E-state index in [4.69, 9.17) is 0 Å². The Hall–Kier alpha value is -3.84. The molecule has 6 rings (SSSR count). The number of benzene rings is 3. The summed E-state index contributed by atoms with van der Waals surface area (Å²) in [5.74, 6) is -2.64. The molecule has 3 aromatic rings. The van der Waals surface area contributed by atoms with E-state index in [1.807, 2.05) is 61.5 Å². The summed E-state index contributed by atoms with van der Waals surface area (Å²) in [5, 5.41) is 3.39. The highest BCUT2D eigenvalue weighted by Crippen LogP contribution is 2.54. The summed E-state index contributed by atoms with van der Waals surface area (Å²) < 4.78 is 13.5. The van der Waals surface area contributed by atoms with Gasteiger partial charge in [-0.2, -0.15) is 0 Å². The fourth-order valence-corrected chi connectivity index (χ4v) is 6.02. The Morgan fingerprint density at radius 2 is 1.43 bits per heavy atom. The number of carbonyl (C=O) groups excluding carboxylic acids is 3. The first-order chi connectivity index (χ1) is 16.9. The third-order valence-corrected chi connectivity index (χ3v) is 7.54. The van der Waals surface area contributed by atoms with E-state index in [1.165, 1.54) is 17.0 Å². The second-order valence-electron chi connectivity index (χ2n) is 9.53. The van der Waals surface area contributed by atoms with E-state index in [9.17, 15) is 18.8 Å². The van der Waals surface area contributed by atoms with Gasteiger partial charge in [-0.05, 0) is 36.2 Å². The third kappa shape index (κ3) is 3.08. The Labute approximate surface area is 202 Å². The predicted molar refractivity (Wildman–Crippen MR) is 127 cm³/mol. The quantitative estimate of drug-likeness (QED) is 0.595. The fraction of sp³-hybridized carbons (Fsp3) is 0.250. The van der Waals surface area contributed by atoms with Gasteiger partial charge in [-0.25, -0.2) is 4.39 Å². The molecule has 0 radical (unpaired) electrons. The number of amides is 3. The van der Waals surface area contributed by atoms with Crippen LogP contribution in [0.4, 0.5) is 10.1 Å². The summed E-state index contributed by atoms with van der Waals surface area (Å²) in [4.78, 5) is 44.4. The molecule has 4 atom stereocenters. The van der Waals surface area contributed by atoms with Gasteiger partial charge in [0.25, 0.3) is 5.91 Å². The molecule has 2 saturated heterocycles. The van der Waals surface area contributed by atoms with E-state index < -0.39 is 17.4 Å². The Bertz CT molecular complexity index is 1340. The second-order valence-corrected chi connectivity index (χ2v) is 9.53. The molecule has 3 aliphatic rings. The summed E-state index contributed by atoms with van der Waals surface area (Å²) >= 11 is 0. The van der Waals surface area contributed by atoms with Crippen LogP contribution >= 0.6 is 0 Å². The maximum absolute atomic E-state index is 14.2. The first-order valence-electron chi connectivity index (χ1n) is 11.7. The van der Waals surface area contributed by atoms with Crippen LogP contribution in [0.15, 0.2) is 78.9 Å². The minimum atomic E-state index is -1.32. The van der Waals surface area contributed by atoms with E-state index in [-0.39, 0.29) is 42.7 Å². The molecule has 0 bridgehead atoms. The van der Waals surface area contributed by atoms with Crippen LogP contribution in [-0.4, -0.2) is 28.7 Å². The second kappa shape index (κ2) is 7.85. The van der Waals surface area contributed by atoms with Crippen LogP contribution in [0.25, 0.3) is 0 Å². The molecular formula is C28H24FN3O3. The SMILES string of the molecule is C[C@@H]1N[C@]2(C(=O)N(Cc3ccc(F)cc3)c3ccccc32)[C@H]2C(=O)N(Cc3ccccc3)C(=O)[C@H]12. The Morgan fingerprint density at radius 1 is 0.800 bits per heavy atom. The lowest BCUT2D eigenvalue weighted by Crippen LogP contribution is -2.54. The molecule has 0 aliphatic carbocycles. The van der Waals surface area contributed by atoms with Gasteiger partial charge in [-0.15, -0.1) is 0 Å². The molecule has 0 saturated carbocycles. The summed E-state index contributed by atoms with van der Waals surface area (Å²) in [6.45, 7) is 2.28. The fourth-order valence-electron chi connectivity index (χ4n) is 6.02. The molecule has 2 fully saturated rings. The number of likely N-dealkylation sites (tertiary alicyclic amines) is 1. The average Bonchev–Trinajstić information content (AvgIpc) is 3.40. The van der Waals surface area contributed by atoms with Crippen molar-refractivity contribution in [3.8, 4) is 0 Å². The lowest BCUT2D eigenvalue weighted by Gasteiger charge is -2.30. The van der Waals surface area contributed by atoms with Crippen molar-refractivity contribution in [1.82, 2.24) is 10.2 Å². The molecule has 3 aliphatic heterocycles. The summed E-state index contributed by atoms with van der Waals surface area (Å²) in [5.41, 5.74) is 1.71. The van der Waals surface area contributed by atoms with Gasteiger partial charge in [-0.1, -0.05) is 60.7 Å². The highest BCUT2D eigenvalue weighted by Gasteiger charge is 2.70. The number of nitrogens with one attached hydrogen (secondary N) is 1. The largest absolute Gasteiger partial charge is 0.306 e. The molecule has 3 heterocycles. The topological polar surface area (TPSA) is 69.7 Å². The number of carbonyl (C=O) groups is 3. The first-order valence-corrected chi connectivity index (χ1v) is 11.7. The van der Waals surface area contributed by atoms with E-state index in [2.05, 4.69) is 5.32 Å². The summed E-state index contributed by atoms with van der Waals surface area (Å²) in [6.07, 6.45) is 0. The van der Waals surface area contributed by atoms with Gasteiger partial charge in [0.1, 0.15) is 11.4 Å². The van der Waals surface area contributed by atoms with Crippen LogP contribution in [0, 0.1) is 17.7 Å². The number of hydrogen-bond donors (Lipinski definition) is 1. The number of halogens is 1. The van der Waals surface area contributed by atoms with Gasteiger partial charge in [-0.3, -0.25) is 24.6 Å². The molecular weight excluding hydrogens is 445 g/mol. The van der Waals surface area contributed by atoms with Crippen molar-refractivity contribution in [1.29, 1.82) is 0 Å². The van der Waals surface area contributed by atoms with Crippen molar-refractivity contribution in [2.45, 2.75) is 31.6 Å². The van der Waals surface area contributed by atoms with E-state index in [1.54, 1.807) is 17.0 Å². The molecule has 0 aromatic heterocycles. The van der Waals surface area contributed by atoms with Crippen molar-refractivity contribution in [3.05, 3.63) is 101 Å². The lowest BCUT2D eigenvalue weighted by atomic mass is 9.76. The van der Waals surface area contributed by atoms with E-state index in [0.29, 0.717) is 11.3 Å². The number of imide groups is 1. The third-order valence-electron chi connectivity index (χ3n) is 7.54. The van der Waals surface area contributed by atoms with Crippen molar-refractivity contribution in [2.75, 3.05) is 4.90 Å². The van der Waals surface area contributed by atoms with Crippen LogP contribution in [0.2, 0.25) is 0 Å². The average molecular weight is 470 g/mol. The predicted octanol–water partition coefficient (Wildman–Crippen LogP) is 3.36. The minimum absolute atomic E-state index is 0.184. The van der Waals surface area contributed by atoms with E-state index in [0.717, 1.165) is 11.1 Å². The molecule has 7 heteroatoms. The zero-order chi connectivity index (χ0) is 24.3. The zero-order valence-corrected chi connectivity index (χ0v) is 19.1. The van der Waals surface area contributed by atoms with Crippen molar-refractivity contribution in [2.24, 2.45) is 11.8 Å². The first kappa shape index (κ1) is 21.7. The van der Waals surface area contributed by atoms with Gasteiger partial charge >= 0.3 is 0 Å². The molecule has 1 N–H and O–H groups in total. The zero-order valence-electron chi connectivity index (χ0n) is 19.1. The van der Waals surface area contributed by atoms with E-state index >= 15 is 0 Å². The number of nitrogens with zero attached hydrogens (tertiary/aromatic N) is 2. The van der Waals surface area contributed by atoms with Crippen molar-refractivity contribution < 1.29 is 18.8 Å². The van der Waals surface area contributed by atoms with Gasteiger partial charge in [0, 0.05) is 17.3 Å². The number of anilines is 1. The van der Waals surface area contributed by atoms with Gasteiger partial charge in [0.05, 0.1) is 24.9 Å². The maximum atomic E-state index is 14.2. The monoisotopic (exact) mass is 469 g/mol. The Balaban J connectivity index is 1.41. The van der Waals surface area contributed by atoms with Gasteiger partial charge in [0.2, 0.25) is 11.8 Å². The van der Waals surface area contributed by atoms with Crippen LogP contribution in [-0.2, 0) is 33.0 Å². The van der Waals surface area contributed by atoms with Crippen LogP contribution in [0.3, 0.4) is 0 Å². The molecule has 176 valence electrons. The Morgan fingerprint density at radius 3 is 2.17 bits per heavy atom. The van der Waals surface area contributed by atoms with Crippen LogP contribution < -0.4 is 10.2 Å². The molecule has 6 nitrogen and oxygen atoms in total. The Kier molecular flexibility index (Phi) is 4.86. The number of hydrogen-bond acceptors (Lipinski definition) is 4. The number of rotatable bonds is 4. The summed E-state index contributed by atoms with van der Waals surface area (Å²) in [7, 11) is 0. The maximum Gasteiger partial charge on any atom is 0.253 e. The van der Waals surface area contributed by atoms with Gasteiger partial charge < -0.3 is 4.90 Å². The van der Waals surface area contributed by atoms with Gasteiger partial charge in [0.15, 0.2) is 0 Å². The highest BCUT2D eigenvalue weighted by atomic mass is 19.1. The smallest absolute Gasteiger partial charge is 0.253 e. The summed E-state index contributed by atoms with van der Waals surface area (Å²) in [6, 6.07) is 22.5. The molecule has 3 amide bonds. The lowest BCUT2D eigenvalue weighted by molar-refractivity contribution is -0.143. The molecule has 35 heavy (non-hydrogen) atoms. The molecule has 3 aromatic carbocycles. The number of para-hydroxylation sites is 1. The molecule has 0 unspecified atom stereocenters. The number of fused-ring (bicyclic) bond motifs is 4. The molecule has 1 spiro atoms. The van der Waals surface area contributed by atoms with Crippen molar-refractivity contribution in [3.63, 3.8) is 0 Å². The highest BCUT2D eigenvalue weighted by molar-refractivity contribution is 6.16. The van der Waals surface area contributed by atoms with Crippen LogP contribution in [0.1, 0.15) is 23.6 Å².